The summed E-state index contributed by atoms with van der Waals surface area (Å²) in [6.07, 6.45) is 0.593. The van der Waals surface area contributed by atoms with Gasteiger partial charge in [-0.3, -0.25) is 14.4 Å². The van der Waals surface area contributed by atoms with Gasteiger partial charge in [0.2, 0.25) is 5.91 Å². The Hall–Kier alpha value is -4.04. The molecule has 1 aliphatic heterocycles. The number of rotatable bonds is 9. The Labute approximate surface area is 207 Å². The molecular formula is C26H24ClN3O5. The molecule has 2 N–H and O–H groups in total. The van der Waals surface area contributed by atoms with Crippen molar-refractivity contribution < 1.29 is 23.9 Å². The van der Waals surface area contributed by atoms with Crippen LogP contribution in [0.5, 0.6) is 11.5 Å². The van der Waals surface area contributed by atoms with Gasteiger partial charge in [-0.05, 0) is 61.0 Å². The number of carbonyl (C=O) groups is 3. The fourth-order valence-corrected chi connectivity index (χ4v) is 3.65. The molecule has 0 spiro atoms. The number of hydrogen-bond donors (Lipinski definition) is 2. The number of halogens is 1. The summed E-state index contributed by atoms with van der Waals surface area (Å²) in [4.78, 5) is 38.6. The van der Waals surface area contributed by atoms with E-state index < -0.39 is 0 Å². The molecule has 0 aliphatic carbocycles. The van der Waals surface area contributed by atoms with Gasteiger partial charge in [0, 0.05) is 22.8 Å². The van der Waals surface area contributed by atoms with Crippen LogP contribution >= 0.6 is 11.6 Å². The Balaban J connectivity index is 1.33. The van der Waals surface area contributed by atoms with Gasteiger partial charge in [0.25, 0.3) is 11.8 Å². The van der Waals surface area contributed by atoms with Gasteiger partial charge in [0.15, 0.2) is 6.61 Å². The second-order valence-electron chi connectivity index (χ2n) is 7.77. The van der Waals surface area contributed by atoms with E-state index in [9.17, 15) is 14.4 Å². The van der Waals surface area contributed by atoms with Gasteiger partial charge >= 0.3 is 0 Å². The average molecular weight is 494 g/mol. The fraction of sp³-hybridized carbons (Fsp3) is 0.192. The Morgan fingerprint density at radius 2 is 1.80 bits per heavy atom. The van der Waals surface area contributed by atoms with E-state index in [1.54, 1.807) is 71.6 Å². The zero-order chi connectivity index (χ0) is 24.6. The van der Waals surface area contributed by atoms with Gasteiger partial charge in [0.05, 0.1) is 18.8 Å². The monoisotopic (exact) mass is 493 g/mol. The van der Waals surface area contributed by atoms with E-state index in [1.165, 1.54) is 0 Å². The van der Waals surface area contributed by atoms with E-state index in [4.69, 9.17) is 21.1 Å². The molecule has 8 nitrogen and oxygen atoms in total. The van der Waals surface area contributed by atoms with Crippen molar-refractivity contribution >= 4 is 40.7 Å². The third-order valence-electron chi connectivity index (χ3n) is 5.24. The van der Waals surface area contributed by atoms with Crippen molar-refractivity contribution in [3.63, 3.8) is 0 Å². The molecule has 3 aromatic carbocycles. The van der Waals surface area contributed by atoms with Crippen molar-refractivity contribution in [3.8, 4) is 11.5 Å². The number of carbonyl (C=O) groups excluding carboxylic acids is 3. The lowest BCUT2D eigenvalue weighted by molar-refractivity contribution is -0.121. The summed E-state index contributed by atoms with van der Waals surface area (Å²) in [6.45, 7) is 0.598. The highest BCUT2D eigenvalue weighted by Gasteiger charge is 2.25. The molecule has 0 atom stereocenters. The molecule has 0 fully saturated rings. The molecule has 3 amide bonds. The molecule has 35 heavy (non-hydrogen) atoms. The number of amides is 3. The Morgan fingerprint density at radius 3 is 2.57 bits per heavy atom. The van der Waals surface area contributed by atoms with Crippen molar-refractivity contribution in [1.29, 1.82) is 0 Å². The number of nitrogens with one attached hydrogen (secondary N) is 2. The van der Waals surface area contributed by atoms with Crippen molar-refractivity contribution in [2.24, 2.45) is 0 Å². The van der Waals surface area contributed by atoms with Crippen molar-refractivity contribution in [3.05, 3.63) is 83.4 Å². The molecule has 9 heteroatoms. The number of benzene rings is 3. The SMILES string of the molecule is O=C(CNC(=O)c1ccccc1)Nc1ccc2c(c1)N(CCCOc1ccc(Cl)cc1)C(=O)CO2. The normalized spacial score (nSPS) is 12.4. The highest BCUT2D eigenvalue weighted by atomic mass is 35.5. The summed E-state index contributed by atoms with van der Waals surface area (Å²) >= 11 is 5.88. The van der Waals surface area contributed by atoms with Crippen LogP contribution in [-0.4, -0.2) is 44.0 Å². The second kappa shape index (κ2) is 11.4. The molecular weight excluding hydrogens is 470 g/mol. The molecule has 0 radical (unpaired) electrons. The third kappa shape index (κ3) is 6.51. The topological polar surface area (TPSA) is 97.0 Å². The number of anilines is 2. The van der Waals surface area contributed by atoms with Crippen LogP contribution in [-0.2, 0) is 9.59 Å². The summed E-state index contributed by atoms with van der Waals surface area (Å²) in [5.41, 5.74) is 1.53. The highest BCUT2D eigenvalue weighted by Crippen LogP contribution is 2.34. The van der Waals surface area contributed by atoms with E-state index in [1.807, 2.05) is 6.07 Å². The van der Waals surface area contributed by atoms with Gasteiger partial charge in [-0.15, -0.1) is 0 Å². The molecule has 1 aliphatic rings. The van der Waals surface area contributed by atoms with E-state index in [0.717, 1.165) is 0 Å². The van der Waals surface area contributed by atoms with Gasteiger partial charge in [0.1, 0.15) is 11.5 Å². The van der Waals surface area contributed by atoms with Gasteiger partial charge in [-0.2, -0.15) is 0 Å². The third-order valence-corrected chi connectivity index (χ3v) is 5.49. The number of ether oxygens (including phenoxy) is 2. The standard InChI is InChI=1S/C26H24ClN3O5/c27-19-7-10-21(11-8-19)34-14-4-13-30-22-15-20(9-12-23(22)35-17-25(30)32)29-24(31)16-28-26(33)18-5-2-1-3-6-18/h1-3,5-12,15H,4,13-14,16-17H2,(H,28,33)(H,29,31). The minimum Gasteiger partial charge on any atom is -0.494 e. The Kier molecular flexibility index (Phi) is 7.84. The maximum absolute atomic E-state index is 12.5. The van der Waals surface area contributed by atoms with Crippen LogP contribution in [0.4, 0.5) is 11.4 Å². The molecule has 0 saturated heterocycles. The average Bonchev–Trinajstić information content (AvgIpc) is 2.88. The van der Waals surface area contributed by atoms with Crippen LogP contribution < -0.4 is 25.0 Å². The molecule has 1 heterocycles. The van der Waals surface area contributed by atoms with Crippen molar-refractivity contribution in [2.45, 2.75) is 6.42 Å². The number of fused-ring (bicyclic) bond motifs is 1. The maximum atomic E-state index is 12.5. The summed E-state index contributed by atoms with van der Waals surface area (Å²) in [5.74, 6) is 0.353. The summed E-state index contributed by atoms with van der Waals surface area (Å²) in [5, 5.41) is 5.97. The fourth-order valence-electron chi connectivity index (χ4n) is 3.53. The summed E-state index contributed by atoms with van der Waals surface area (Å²) in [6, 6.07) is 20.8. The van der Waals surface area contributed by atoms with Crippen LogP contribution in [0.15, 0.2) is 72.8 Å². The van der Waals surface area contributed by atoms with E-state index >= 15 is 0 Å². The maximum Gasteiger partial charge on any atom is 0.265 e. The van der Waals surface area contributed by atoms with Crippen molar-refractivity contribution in [1.82, 2.24) is 5.32 Å². The largest absolute Gasteiger partial charge is 0.494 e. The minimum atomic E-state index is -0.389. The summed E-state index contributed by atoms with van der Waals surface area (Å²) in [7, 11) is 0. The Morgan fingerprint density at radius 1 is 1.03 bits per heavy atom. The zero-order valence-corrected chi connectivity index (χ0v) is 19.6. The van der Waals surface area contributed by atoms with Crippen LogP contribution in [0.3, 0.4) is 0 Å². The molecule has 0 bridgehead atoms. The van der Waals surface area contributed by atoms with Crippen LogP contribution in [0.25, 0.3) is 0 Å². The highest BCUT2D eigenvalue weighted by molar-refractivity contribution is 6.30. The van der Waals surface area contributed by atoms with E-state index in [2.05, 4.69) is 10.6 Å². The van der Waals surface area contributed by atoms with E-state index in [-0.39, 0.29) is 30.9 Å². The summed E-state index contributed by atoms with van der Waals surface area (Å²) < 4.78 is 11.2. The quantitative estimate of drug-likeness (QED) is 0.441. The molecule has 4 rings (SSSR count). The van der Waals surface area contributed by atoms with Gasteiger partial charge < -0.3 is 25.0 Å². The second-order valence-corrected chi connectivity index (χ2v) is 8.21. The molecule has 0 unspecified atom stereocenters. The number of nitrogens with zero attached hydrogens (tertiary/aromatic N) is 1. The first-order chi connectivity index (χ1) is 17.0. The Bertz CT molecular complexity index is 1200. The molecule has 0 saturated carbocycles. The first kappa shape index (κ1) is 24.1. The number of hydrogen-bond acceptors (Lipinski definition) is 5. The lowest BCUT2D eigenvalue weighted by Crippen LogP contribution is -2.40. The first-order valence-electron chi connectivity index (χ1n) is 11.1. The zero-order valence-electron chi connectivity index (χ0n) is 18.8. The predicted octanol–water partition coefficient (Wildman–Crippen LogP) is 3.90. The molecule has 3 aromatic rings. The van der Waals surface area contributed by atoms with Crippen LogP contribution in [0, 0.1) is 0 Å². The minimum absolute atomic E-state index is 0.0533. The predicted molar refractivity (Wildman–Crippen MR) is 133 cm³/mol. The van der Waals surface area contributed by atoms with Crippen molar-refractivity contribution in [2.75, 3.05) is 36.5 Å². The lowest BCUT2D eigenvalue weighted by Gasteiger charge is -2.30. The van der Waals surface area contributed by atoms with Gasteiger partial charge in [-0.1, -0.05) is 29.8 Å². The first-order valence-corrected chi connectivity index (χ1v) is 11.5. The van der Waals surface area contributed by atoms with E-state index in [0.29, 0.717) is 53.0 Å². The van der Waals surface area contributed by atoms with Gasteiger partial charge in [-0.25, -0.2) is 0 Å². The molecule has 180 valence electrons. The molecule has 0 aromatic heterocycles. The lowest BCUT2D eigenvalue weighted by atomic mass is 10.2. The van der Waals surface area contributed by atoms with Crippen LogP contribution in [0.2, 0.25) is 5.02 Å². The van der Waals surface area contributed by atoms with Crippen LogP contribution in [0.1, 0.15) is 16.8 Å². The smallest absolute Gasteiger partial charge is 0.265 e.